The molecule has 0 aromatic heterocycles. The molecule has 7 heteroatoms. The summed E-state index contributed by atoms with van der Waals surface area (Å²) in [5, 5.41) is 27.0. The lowest BCUT2D eigenvalue weighted by Gasteiger charge is -2.20. The topological polar surface area (TPSA) is 130 Å². The van der Waals surface area contributed by atoms with E-state index in [1.165, 1.54) is 0 Å². The third-order valence-electron chi connectivity index (χ3n) is 3.30. The maximum atomic E-state index is 11.6. The highest BCUT2D eigenvalue weighted by Gasteiger charge is 2.37. The van der Waals surface area contributed by atoms with Crippen LogP contribution < -0.4 is 5.73 Å². The first-order chi connectivity index (χ1) is 9.41. The maximum absolute atomic E-state index is 11.6. The van der Waals surface area contributed by atoms with E-state index in [2.05, 4.69) is 0 Å². The van der Waals surface area contributed by atoms with Gasteiger partial charge in [0.1, 0.15) is 6.10 Å². The molecule has 1 aromatic carbocycles. The lowest BCUT2D eigenvalue weighted by molar-refractivity contribution is -0.173. The number of rotatable bonds is 4. The summed E-state index contributed by atoms with van der Waals surface area (Å²) in [5.74, 6) is -2.90. The Hall–Kier alpha value is -1.96. The lowest BCUT2D eigenvalue weighted by Crippen LogP contribution is -2.43. The summed E-state index contributed by atoms with van der Waals surface area (Å²) in [6.07, 6.45) is -4.65. The number of hydrogen-bond acceptors (Lipinski definition) is 6. The van der Waals surface area contributed by atoms with Crippen molar-refractivity contribution in [1.82, 2.24) is 0 Å². The molecule has 7 nitrogen and oxygen atoms in total. The van der Waals surface area contributed by atoms with E-state index in [0.717, 1.165) is 11.1 Å². The van der Waals surface area contributed by atoms with Crippen molar-refractivity contribution in [1.29, 1.82) is 0 Å². The Morgan fingerprint density at radius 1 is 1.25 bits per heavy atom. The molecule has 5 N–H and O–H groups in total. The van der Waals surface area contributed by atoms with E-state index in [1.807, 2.05) is 24.3 Å². The Morgan fingerprint density at radius 2 is 1.90 bits per heavy atom. The highest BCUT2D eigenvalue weighted by molar-refractivity contribution is 5.84. The summed E-state index contributed by atoms with van der Waals surface area (Å²) >= 11 is 0. The minimum absolute atomic E-state index is 0.388. The van der Waals surface area contributed by atoms with Gasteiger partial charge in [-0.2, -0.15) is 0 Å². The zero-order valence-electron chi connectivity index (χ0n) is 10.5. The van der Waals surface area contributed by atoms with E-state index in [-0.39, 0.29) is 0 Å². The molecule has 1 aromatic rings. The number of nitrogens with two attached hydrogens (primary N) is 1. The van der Waals surface area contributed by atoms with E-state index < -0.39 is 36.3 Å². The van der Waals surface area contributed by atoms with Gasteiger partial charge in [0.15, 0.2) is 12.2 Å². The molecule has 0 saturated heterocycles. The van der Waals surface area contributed by atoms with Gasteiger partial charge in [0.25, 0.3) is 0 Å². The second-order valence-corrected chi connectivity index (χ2v) is 4.63. The number of carbonyl (C=O) groups excluding carboxylic acids is 1. The number of ether oxygens (including phenoxy) is 1. The number of carboxylic acid groups (broad SMARTS) is 1. The van der Waals surface area contributed by atoms with Gasteiger partial charge in [-0.25, -0.2) is 9.59 Å². The average molecular weight is 281 g/mol. The number of fused-ring (bicyclic) bond motifs is 1. The van der Waals surface area contributed by atoms with E-state index in [9.17, 15) is 14.7 Å². The quantitative estimate of drug-likeness (QED) is 0.518. The molecule has 0 radical (unpaired) electrons. The standard InChI is InChI=1S/C13H15NO6/c14-9-7-4-2-1-3-6(7)5-8(9)20-13(19)11(16)10(15)12(17)18/h1-4,8-11,15-16H,5,14H2,(H,17,18). The van der Waals surface area contributed by atoms with Crippen LogP contribution >= 0.6 is 0 Å². The van der Waals surface area contributed by atoms with Crippen LogP contribution in [0.25, 0.3) is 0 Å². The Labute approximate surface area is 114 Å². The molecule has 0 bridgehead atoms. The van der Waals surface area contributed by atoms with E-state index in [0.29, 0.717) is 6.42 Å². The van der Waals surface area contributed by atoms with Crippen LogP contribution in [0.5, 0.6) is 0 Å². The Kier molecular flexibility index (Phi) is 4.03. The number of hydrogen-bond donors (Lipinski definition) is 4. The van der Waals surface area contributed by atoms with Crippen LogP contribution in [0.15, 0.2) is 24.3 Å². The van der Waals surface area contributed by atoms with Gasteiger partial charge < -0.3 is 25.8 Å². The van der Waals surface area contributed by atoms with Crippen LogP contribution in [0, 0.1) is 0 Å². The second-order valence-electron chi connectivity index (χ2n) is 4.63. The van der Waals surface area contributed by atoms with Gasteiger partial charge in [0, 0.05) is 6.42 Å². The fourth-order valence-electron chi connectivity index (χ4n) is 2.19. The summed E-state index contributed by atoms with van der Waals surface area (Å²) < 4.78 is 5.00. The molecule has 2 rings (SSSR count). The minimum atomic E-state index is -2.22. The minimum Gasteiger partial charge on any atom is -0.479 e. The molecule has 4 atom stereocenters. The SMILES string of the molecule is NC1c2ccccc2CC1OC(=O)C(O)C(O)C(=O)O. The predicted molar refractivity (Wildman–Crippen MR) is 66.6 cm³/mol. The molecule has 108 valence electrons. The third kappa shape index (κ3) is 2.64. The first-order valence-electron chi connectivity index (χ1n) is 6.04. The van der Waals surface area contributed by atoms with Crippen LogP contribution in [0.1, 0.15) is 17.2 Å². The molecule has 0 fully saturated rings. The Bertz CT molecular complexity index is 531. The third-order valence-corrected chi connectivity index (χ3v) is 3.30. The first-order valence-corrected chi connectivity index (χ1v) is 6.04. The van der Waals surface area contributed by atoms with Crippen molar-refractivity contribution in [2.24, 2.45) is 5.73 Å². The molecule has 20 heavy (non-hydrogen) atoms. The average Bonchev–Trinajstić information content (AvgIpc) is 2.74. The van der Waals surface area contributed by atoms with E-state index in [1.54, 1.807) is 0 Å². The van der Waals surface area contributed by atoms with Crippen molar-refractivity contribution in [2.45, 2.75) is 30.8 Å². The molecule has 4 unspecified atom stereocenters. The maximum Gasteiger partial charge on any atom is 0.338 e. The van der Waals surface area contributed by atoms with Crippen molar-refractivity contribution in [3.8, 4) is 0 Å². The molecule has 1 aliphatic rings. The summed E-state index contributed by atoms with van der Waals surface area (Å²) in [4.78, 5) is 22.1. The predicted octanol–water partition coefficient (Wildman–Crippen LogP) is -1.04. The van der Waals surface area contributed by atoms with E-state index in [4.69, 9.17) is 20.7 Å². The van der Waals surface area contributed by atoms with Crippen molar-refractivity contribution in [3.63, 3.8) is 0 Å². The van der Waals surface area contributed by atoms with Gasteiger partial charge in [-0.15, -0.1) is 0 Å². The van der Waals surface area contributed by atoms with Crippen LogP contribution in [-0.2, 0) is 20.7 Å². The fraction of sp³-hybridized carbons (Fsp3) is 0.385. The number of esters is 1. The fourth-order valence-corrected chi connectivity index (χ4v) is 2.19. The zero-order valence-corrected chi connectivity index (χ0v) is 10.5. The van der Waals surface area contributed by atoms with Gasteiger partial charge in [0.05, 0.1) is 6.04 Å². The summed E-state index contributed by atoms with van der Waals surface area (Å²) in [7, 11) is 0. The highest BCUT2D eigenvalue weighted by atomic mass is 16.6. The van der Waals surface area contributed by atoms with Gasteiger partial charge in [-0.1, -0.05) is 24.3 Å². The summed E-state index contributed by atoms with van der Waals surface area (Å²) in [5.41, 5.74) is 7.72. The number of aliphatic carboxylic acids is 1. The Morgan fingerprint density at radius 3 is 2.50 bits per heavy atom. The smallest absolute Gasteiger partial charge is 0.338 e. The second kappa shape index (κ2) is 5.58. The van der Waals surface area contributed by atoms with Crippen molar-refractivity contribution < 1.29 is 29.6 Å². The van der Waals surface area contributed by atoms with Crippen molar-refractivity contribution >= 4 is 11.9 Å². The van der Waals surface area contributed by atoms with Crippen molar-refractivity contribution in [2.75, 3.05) is 0 Å². The molecule has 0 spiro atoms. The van der Waals surface area contributed by atoms with Gasteiger partial charge in [-0.3, -0.25) is 0 Å². The number of carboxylic acids is 1. The van der Waals surface area contributed by atoms with E-state index >= 15 is 0 Å². The molecular formula is C13H15NO6. The molecule has 0 heterocycles. The lowest BCUT2D eigenvalue weighted by atomic mass is 10.1. The Balaban J connectivity index is 2.02. The normalized spacial score (nSPS) is 23.8. The number of aliphatic hydroxyl groups is 2. The van der Waals surface area contributed by atoms with Crippen LogP contribution in [0.4, 0.5) is 0 Å². The van der Waals surface area contributed by atoms with Crippen LogP contribution in [-0.4, -0.2) is 45.6 Å². The molecule has 1 aliphatic carbocycles. The largest absolute Gasteiger partial charge is 0.479 e. The van der Waals surface area contributed by atoms with Crippen LogP contribution in [0.2, 0.25) is 0 Å². The van der Waals surface area contributed by atoms with Crippen LogP contribution in [0.3, 0.4) is 0 Å². The molecule has 0 aliphatic heterocycles. The van der Waals surface area contributed by atoms with Gasteiger partial charge >= 0.3 is 11.9 Å². The summed E-state index contributed by atoms with van der Waals surface area (Å²) in [6.45, 7) is 0. The molecule has 0 saturated carbocycles. The number of aliphatic hydroxyl groups excluding tert-OH is 2. The first kappa shape index (κ1) is 14.4. The molecular weight excluding hydrogens is 266 g/mol. The zero-order chi connectivity index (χ0) is 14.9. The highest BCUT2D eigenvalue weighted by Crippen LogP contribution is 2.31. The monoisotopic (exact) mass is 281 g/mol. The molecule has 0 amide bonds. The number of benzene rings is 1. The summed E-state index contributed by atoms with van der Waals surface area (Å²) in [6, 6.07) is 6.77. The van der Waals surface area contributed by atoms with Gasteiger partial charge in [-0.05, 0) is 11.1 Å². The number of carbonyl (C=O) groups is 2. The van der Waals surface area contributed by atoms with Gasteiger partial charge in [0.2, 0.25) is 0 Å². The van der Waals surface area contributed by atoms with Crippen molar-refractivity contribution in [3.05, 3.63) is 35.4 Å².